The van der Waals surface area contributed by atoms with Crippen molar-refractivity contribution in [1.82, 2.24) is 4.98 Å². The van der Waals surface area contributed by atoms with Crippen LogP contribution in [-0.2, 0) is 0 Å². The highest BCUT2D eigenvalue weighted by atomic mass is 35.5. The summed E-state index contributed by atoms with van der Waals surface area (Å²) >= 11 is 7.28. The van der Waals surface area contributed by atoms with Crippen LogP contribution in [0.25, 0.3) is 11.3 Å². The smallest absolute Gasteiger partial charge is 0.257 e. The zero-order valence-corrected chi connectivity index (χ0v) is 13.7. The molecule has 3 rings (SSSR count). The summed E-state index contributed by atoms with van der Waals surface area (Å²) in [6.07, 6.45) is 0. The summed E-state index contributed by atoms with van der Waals surface area (Å²) in [5.74, 6) is -0.696. The predicted octanol–water partition coefficient (Wildman–Crippen LogP) is 5.16. The van der Waals surface area contributed by atoms with Gasteiger partial charge in [-0.2, -0.15) is 0 Å². The molecule has 0 bridgehead atoms. The van der Waals surface area contributed by atoms with E-state index in [1.165, 1.54) is 35.6 Å². The monoisotopic (exact) mass is 346 g/mol. The van der Waals surface area contributed by atoms with Crippen molar-refractivity contribution in [2.24, 2.45) is 0 Å². The van der Waals surface area contributed by atoms with E-state index in [4.69, 9.17) is 11.6 Å². The molecule has 1 N–H and O–H groups in total. The van der Waals surface area contributed by atoms with Crippen molar-refractivity contribution in [2.75, 3.05) is 5.32 Å². The average Bonchev–Trinajstić information content (AvgIpc) is 2.89. The van der Waals surface area contributed by atoms with E-state index in [0.29, 0.717) is 15.7 Å². The van der Waals surface area contributed by atoms with Crippen LogP contribution in [0.3, 0.4) is 0 Å². The lowest BCUT2D eigenvalue weighted by atomic mass is 10.1. The molecule has 0 radical (unpaired) electrons. The van der Waals surface area contributed by atoms with Gasteiger partial charge in [0.25, 0.3) is 5.91 Å². The molecule has 0 spiro atoms. The number of anilines is 1. The van der Waals surface area contributed by atoms with Crippen molar-refractivity contribution in [3.05, 3.63) is 69.8 Å². The Hall–Kier alpha value is -2.24. The number of benzene rings is 2. The highest BCUT2D eigenvalue weighted by Gasteiger charge is 2.13. The number of aryl methyl sites for hydroxylation is 1. The summed E-state index contributed by atoms with van der Waals surface area (Å²) in [5, 5.41) is 3.90. The van der Waals surface area contributed by atoms with Crippen LogP contribution in [0.4, 0.5) is 9.52 Å². The molecule has 1 heterocycles. The molecular weight excluding hydrogens is 335 g/mol. The molecule has 0 aliphatic heterocycles. The van der Waals surface area contributed by atoms with Gasteiger partial charge in [0.1, 0.15) is 5.82 Å². The lowest BCUT2D eigenvalue weighted by Gasteiger charge is -2.01. The Morgan fingerprint density at radius 1 is 1.13 bits per heavy atom. The molecule has 0 aliphatic rings. The molecule has 0 unspecified atom stereocenters. The van der Waals surface area contributed by atoms with E-state index in [-0.39, 0.29) is 11.7 Å². The minimum absolute atomic E-state index is 0.318. The number of rotatable bonds is 3. The number of carbonyl (C=O) groups excluding carboxylic acids is 1. The van der Waals surface area contributed by atoms with Gasteiger partial charge in [0.15, 0.2) is 5.13 Å². The summed E-state index contributed by atoms with van der Waals surface area (Å²) in [6.45, 7) is 1.94. The number of carbonyl (C=O) groups is 1. The maximum absolute atomic E-state index is 12.9. The average molecular weight is 347 g/mol. The second-order valence-electron chi connectivity index (χ2n) is 4.89. The molecule has 2 aromatic carbocycles. The van der Waals surface area contributed by atoms with Gasteiger partial charge in [0, 0.05) is 21.0 Å². The number of aromatic nitrogens is 1. The van der Waals surface area contributed by atoms with Gasteiger partial charge in [-0.3, -0.25) is 10.1 Å². The van der Waals surface area contributed by atoms with E-state index in [9.17, 15) is 9.18 Å². The quantitative estimate of drug-likeness (QED) is 0.711. The SMILES string of the molecule is Cc1sc(NC(=O)c2ccc(F)cc2)nc1-c1ccc(Cl)cc1. The molecular formula is C17H12ClFN2OS. The van der Waals surface area contributed by atoms with E-state index < -0.39 is 0 Å². The number of thiazole rings is 1. The molecule has 6 heteroatoms. The third-order valence-electron chi connectivity index (χ3n) is 3.24. The van der Waals surface area contributed by atoms with Gasteiger partial charge < -0.3 is 0 Å². The number of nitrogens with zero attached hydrogens (tertiary/aromatic N) is 1. The lowest BCUT2D eigenvalue weighted by Crippen LogP contribution is -2.11. The summed E-state index contributed by atoms with van der Waals surface area (Å²) < 4.78 is 12.9. The van der Waals surface area contributed by atoms with Gasteiger partial charge in [0.05, 0.1) is 5.69 Å². The van der Waals surface area contributed by atoms with Crippen molar-refractivity contribution < 1.29 is 9.18 Å². The fourth-order valence-electron chi connectivity index (χ4n) is 2.10. The molecule has 0 fully saturated rings. The number of hydrogen-bond donors (Lipinski definition) is 1. The first kappa shape index (κ1) is 15.6. The summed E-state index contributed by atoms with van der Waals surface area (Å²) in [6, 6.07) is 12.7. The van der Waals surface area contributed by atoms with E-state index >= 15 is 0 Å². The zero-order valence-electron chi connectivity index (χ0n) is 12.1. The molecule has 116 valence electrons. The van der Waals surface area contributed by atoms with Gasteiger partial charge >= 0.3 is 0 Å². The van der Waals surface area contributed by atoms with Crippen LogP contribution >= 0.6 is 22.9 Å². The maximum Gasteiger partial charge on any atom is 0.257 e. The summed E-state index contributed by atoms with van der Waals surface area (Å²) in [5.41, 5.74) is 2.12. The van der Waals surface area contributed by atoms with Crippen molar-refractivity contribution >= 4 is 34.0 Å². The van der Waals surface area contributed by atoms with E-state index in [1.54, 1.807) is 12.1 Å². The molecule has 23 heavy (non-hydrogen) atoms. The fraction of sp³-hybridized carbons (Fsp3) is 0.0588. The minimum Gasteiger partial charge on any atom is -0.298 e. The van der Waals surface area contributed by atoms with E-state index in [2.05, 4.69) is 10.3 Å². The van der Waals surface area contributed by atoms with Crippen molar-refractivity contribution in [1.29, 1.82) is 0 Å². The highest BCUT2D eigenvalue weighted by molar-refractivity contribution is 7.16. The topological polar surface area (TPSA) is 42.0 Å². The van der Waals surface area contributed by atoms with Crippen LogP contribution in [-0.4, -0.2) is 10.9 Å². The third kappa shape index (κ3) is 3.57. The Balaban J connectivity index is 1.82. The number of amides is 1. The molecule has 1 aromatic heterocycles. The number of nitrogens with one attached hydrogen (secondary N) is 1. The molecule has 0 saturated carbocycles. The first-order chi connectivity index (χ1) is 11.0. The van der Waals surface area contributed by atoms with E-state index in [0.717, 1.165) is 16.1 Å². The molecule has 0 saturated heterocycles. The molecule has 0 atom stereocenters. The standard InChI is InChI=1S/C17H12ClFN2OS/c1-10-15(11-2-6-13(18)7-3-11)20-17(23-10)21-16(22)12-4-8-14(19)9-5-12/h2-9H,1H3,(H,20,21,22). The van der Waals surface area contributed by atoms with Crippen LogP contribution in [0, 0.1) is 12.7 Å². The van der Waals surface area contributed by atoms with E-state index in [1.807, 2.05) is 19.1 Å². The van der Waals surface area contributed by atoms with Crippen LogP contribution in [0.15, 0.2) is 48.5 Å². The van der Waals surface area contributed by atoms with Gasteiger partial charge in [-0.05, 0) is 43.3 Å². The van der Waals surface area contributed by atoms with Gasteiger partial charge in [-0.25, -0.2) is 9.37 Å². The Labute approximate surface area is 141 Å². The van der Waals surface area contributed by atoms with Gasteiger partial charge in [-0.1, -0.05) is 23.7 Å². The van der Waals surface area contributed by atoms with Gasteiger partial charge in [0.2, 0.25) is 0 Å². The predicted molar refractivity (Wildman–Crippen MR) is 91.7 cm³/mol. The molecule has 3 aromatic rings. The highest BCUT2D eigenvalue weighted by Crippen LogP contribution is 2.31. The first-order valence-corrected chi connectivity index (χ1v) is 8.02. The second kappa shape index (κ2) is 6.48. The maximum atomic E-state index is 12.9. The summed E-state index contributed by atoms with van der Waals surface area (Å²) in [4.78, 5) is 17.6. The largest absolute Gasteiger partial charge is 0.298 e. The zero-order chi connectivity index (χ0) is 16.4. The Morgan fingerprint density at radius 3 is 2.43 bits per heavy atom. The van der Waals surface area contributed by atoms with Crippen LogP contribution in [0.2, 0.25) is 5.02 Å². The minimum atomic E-state index is -0.378. The first-order valence-electron chi connectivity index (χ1n) is 6.83. The number of hydrogen-bond acceptors (Lipinski definition) is 3. The van der Waals surface area contributed by atoms with Crippen LogP contribution in [0.1, 0.15) is 15.2 Å². The van der Waals surface area contributed by atoms with Crippen molar-refractivity contribution in [2.45, 2.75) is 6.92 Å². The number of halogens is 2. The van der Waals surface area contributed by atoms with Crippen LogP contribution < -0.4 is 5.32 Å². The van der Waals surface area contributed by atoms with Crippen molar-refractivity contribution in [3.8, 4) is 11.3 Å². The lowest BCUT2D eigenvalue weighted by molar-refractivity contribution is 0.102. The summed E-state index contributed by atoms with van der Waals surface area (Å²) in [7, 11) is 0. The van der Waals surface area contributed by atoms with Crippen LogP contribution in [0.5, 0.6) is 0 Å². The molecule has 3 nitrogen and oxygen atoms in total. The molecule has 0 aliphatic carbocycles. The Bertz CT molecular complexity index is 844. The third-order valence-corrected chi connectivity index (χ3v) is 4.38. The Morgan fingerprint density at radius 2 is 1.78 bits per heavy atom. The normalized spacial score (nSPS) is 10.6. The Kier molecular flexibility index (Phi) is 4.41. The van der Waals surface area contributed by atoms with Gasteiger partial charge in [-0.15, -0.1) is 11.3 Å². The fourth-order valence-corrected chi connectivity index (χ4v) is 3.05. The van der Waals surface area contributed by atoms with Crippen molar-refractivity contribution in [3.63, 3.8) is 0 Å². The molecule has 1 amide bonds. The second-order valence-corrected chi connectivity index (χ2v) is 6.53.